The maximum Gasteiger partial charge on any atom is 0.283 e. The Bertz CT molecular complexity index is 1060. The Hall–Kier alpha value is -2.93. The molecule has 6 nitrogen and oxygen atoms in total. The number of thioether (sulfide) groups is 1. The topological polar surface area (TPSA) is 73.8 Å². The molecule has 0 spiro atoms. The third-order valence-electron chi connectivity index (χ3n) is 4.89. The molecule has 2 aliphatic rings. The predicted molar refractivity (Wildman–Crippen MR) is 115 cm³/mol. The van der Waals surface area contributed by atoms with Crippen LogP contribution >= 0.6 is 11.8 Å². The van der Waals surface area contributed by atoms with Crippen molar-refractivity contribution in [2.75, 3.05) is 0 Å². The number of amides is 1. The number of aliphatic imine (C=N–C) groups is 1. The smallest absolute Gasteiger partial charge is 0.283 e. The van der Waals surface area contributed by atoms with Crippen LogP contribution in [0, 0.1) is 19.3 Å². The highest BCUT2D eigenvalue weighted by Gasteiger charge is 2.35. The number of benzene rings is 1. The van der Waals surface area contributed by atoms with Crippen LogP contribution in [0.2, 0.25) is 0 Å². The van der Waals surface area contributed by atoms with Gasteiger partial charge in [0.2, 0.25) is 5.17 Å². The van der Waals surface area contributed by atoms with Crippen molar-refractivity contribution in [3.05, 3.63) is 64.5 Å². The first-order chi connectivity index (χ1) is 13.5. The highest BCUT2D eigenvalue weighted by Crippen LogP contribution is 2.30. The van der Waals surface area contributed by atoms with E-state index in [1.54, 1.807) is 6.08 Å². The van der Waals surface area contributed by atoms with Gasteiger partial charge in [-0.1, -0.05) is 37.3 Å². The highest BCUT2D eigenvalue weighted by molar-refractivity contribution is 8.26. The molecular formula is C21H21N5OS. The molecule has 0 fully saturated rings. The van der Waals surface area contributed by atoms with Crippen molar-refractivity contribution in [3.63, 3.8) is 0 Å². The number of hydrogen-bond donors (Lipinski definition) is 1. The summed E-state index contributed by atoms with van der Waals surface area (Å²) in [5.74, 6) is -0.303. The number of carbonyl (C=O) groups is 1. The Kier molecular flexibility index (Phi) is 4.77. The van der Waals surface area contributed by atoms with Crippen LogP contribution in [0.3, 0.4) is 0 Å². The van der Waals surface area contributed by atoms with E-state index in [9.17, 15) is 4.79 Å². The second kappa shape index (κ2) is 7.24. The second-order valence-corrected chi connectivity index (χ2v) is 7.81. The Balaban J connectivity index is 1.68. The molecule has 2 aliphatic heterocycles. The molecule has 1 N–H and O–H groups in total. The number of nitrogens with one attached hydrogen (secondary N) is 1. The third kappa shape index (κ3) is 3.22. The van der Waals surface area contributed by atoms with E-state index in [0.29, 0.717) is 5.17 Å². The molecule has 0 atom stereocenters. The van der Waals surface area contributed by atoms with E-state index in [1.807, 2.05) is 38.1 Å². The van der Waals surface area contributed by atoms with E-state index in [0.717, 1.165) is 35.0 Å². The molecule has 0 saturated heterocycles. The lowest BCUT2D eigenvalue weighted by atomic mass is 10.1. The van der Waals surface area contributed by atoms with Crippen LogP contribution in [0.1, 0.15) is 35.9 Å². The van der Waals surface area contributed by atoms with Crippen LogP contribution in [0.4, 0.5) is 0 Å². The normalized spacial score (nSPS) is 17.8. The zero-order valence-electron chi connectivity index (χ0n) is 16.1. The van der Waals surface area contributed by atoms with Gasteiger partial charge in [0.15, 0.2) is 5.84 Å². The molecule has 0 aliphatic carbocycles. The molecular weight excluding hydrogens is 370 g/mol. The summed E-state index contributed by atoms with van der Waals surface area (Å²) in [7, 11) is 0. The maximum atomic E-state index is 12.5. The Morgan fingerprint density at radius 3 is 2.68 bits per heavy atom. The Morgan fingerprint density at radius 2 is 1.96 bits per heavy atom. The molecule has 0 saturated carbocycles. The minimum atomic E-state index is -0.385. The van der Waals surface area contributed by atoms with Gasteiger partial charge in [-0.25, -0.2) is 0 Å². The maximum absolute atomic E-state index is 12.5. The summed E-state index contributed by atoms with van der Waals surface area (Å²) >= 11 is 1.35. The fourth-order valence-corrected chi connectivity index (χ4v) is 4.14. The first-order valence-corrected chi connectivity index (χ1v) is 9.99. The molecule has 0 radical (unpaired) electrons. The molecule has 0 bridgehead atoms. The first kappa shape index (κ1) is 18.4. The molecule has 7 heteroatoms. The molecule has 1 aromatic carbocycles. The van der Waals surface area contributed by atoms with E-state index in [2.05, 4.69) is 33.7 Å². The van der Waals surface area contributed by atoms with Crippen LogP contribution in [-0.4, -0.2) is 31.5 Å². The van der Waals surface area contributed by atoms with Crippen LogP contribution in [-0.2, 0) is 11.3 Å². The van der Waals surface area contributed by atoms with Crippen molar-refractivity contribution < 1.29 is 4.79 Å². The lowest BCUT2D eigenvalue weighted by molar-refractivity contribution is -0.114. The highest BCUT2D eigenvalue weighted by atomic mass is 32.2. The third-order valence-corrected chi connectivity index (χ3v) is 5.95. The summed E-state index contributed by atoms with van der Waals surface area (Å²) in [6.45, 7) is 6.85. The molecule has 142 valence electrons. The van der Waals surface area contributed by atoms with E-state index in [1.165, 1.54) is 22.3 Å². The van der Waals surface area contributed by atoms with Crippen molar-refractivity contribution in [2.45, 2.75) is 33.7 Å². The number of carbonyl (C=O) groups excluding carboxylic acids is 1. The monoisotopic (exact) mass is 391 g/mol. The van der Waals surface area contributed by atoms with Crippen molar-refractivity contribution >= 4 is 39.8 Å². The molecule has 1 amide bonds. The van der Waals surface area contributed by atoms with Gasteiger partial charge in [0.05, 0.1) is 5.57 Å². The molecule has 0 unspecified atom stereocenters. The molecule has 4 rings (SSSR count). The SMILES string of the molecule is CCC1=NN2C(=N)C(=Cc3cc(C)n(Cc4ccccc4)c3C)C(=O)N=C2S1. The van der Waals surface area contributed by atoms with Crippen LogP contribution in [0.25, 0.3) is 6.08 Å². The zero-order valence-corrected chi connectivity index (χ0v) is 16.9. The summed E-state index contributed by atoms with van der Waals surface area (Å²) in [6.07, 6.45) is 2.51. The number of fused-ring (bicyclic) bond motifs is 1. The minimum absolute atomic E-state index is 0.0822. The summed E-state index contributed by atoms with van der Waals surface area (Å²) in [5, 5.41) is 15.6. The number of hydrazone groups is 1. The largest absolute Gasteiger partial charge is 0.344 e. The van der Waals surface area contributed by atoms with Gasteiger partial charge >= 0.3 is 0 Å². The van der Waals surface area contributed by atoms with Gasteiger partial charge in [0, 0.05) is 17.9 Å². The van der Waals surface area contributed by atoms with Gasteiger partial charge in [0.1, 0.15) is 5.04 Å². The molecule has 28 heavy (non-hydrogen) atoms. The number of amidine groups is 2. The van der Waals surface area contributed by atoms with Gasteiger partial charge in [0.25, 0.3) is 5.91 Å². The first-order valence-electron chi connectivity index (χ1n) is 9.17. The van der Waals surface area contributed by atoms with E-state index < -0.39 is 0 Å². The Morgan fingerprint density at radius 1 is 1.21 bits per heavy atom. The zero-order chi connectivity index (χ0) is 19.8. The van der Waals surface area contributed by atoms with Gasteiger partial charge in [-0.05, 0) is 55.3 Å². The van der Waals surface area contributed by atoms with Gasteiger partial charge in [-0.15, -0.1) is 0 Å². The van der Waals surface area contributed by atoms with E-state index >= 15 is 0 Å². The van der Waals surface area contributed by atoms with Crippen molar-refractivity contribution in [3.8, 4) is 0 Å². The van der Waals surface area contributed by atoms with Gasteiger partial charge < -0.3 is 4.57 Å². The summed E-state index contributed by atoms with van der Waals surface area (Å²) in [6, 6.07) is 12.3. The number of hydrogen-bond acceptors (Lipinski definition) is 4. The lowest BCUT2D eigenvalue weighted by Gasteiger charge is -2.20. The van der Waals surface area contributed by atoms with Gasteiger partial charge in [-0.2, -0.15) is 15.1 Å². The van der Waals surface area contributed by atoms with Crippen LogP contribution in [0.5, 0.6) is 0 Å². The van der Waals surface area contributed by atoms with Crippen molar-refractivity contribution in [2.24, 2.45) is 10.1 Å². The second-order valence-electron chi connectivity index (χ2n) is 6.77. The standard InChI is InChI=1S/C21H21N5OS/c1-4-18-24-26-19(22)17(20(27)23-21(26)28-18)11-16-10-13(2)25(14(16)3)12-15-8-6-5-7-9-15/h5-11,22H,4,12H2,1-3H3. The van der Waals surface area contributed by atoms with E-state index in [4.69, 9.17) is 5.41 Å². The predicted octanol–water partition coefficient (Wildman–Crippen LogP) is 4.18. The summed E-state index contributed by atoms with van der Waals surface area (Å²) in [4.78, 5) is 16.7. The lowest BCUT2D eigenvalue weighted by Crippen LogP contribution is -2.35. The van der Waals surface area contributed by atoms with Crippen molar-refractivity contribution in [1.82, 2.24) is 9.58 Å². The molecule has 1 aromatic heterocycles. The number of rotatable bonds is 4. The fraction of sp³-hybridized carbons (Fsp3) is 0.238. The van der Waals surface area contributed by atoms with Crippen molar-refractivity contribution in [1.29, 1.82) is 5.41 Å². The average molecular weight is 392 g/mol. The van der Waals surface area contributed by atoms with Gasteiger partial charge in [-0.3, -0.25) is 10.2 Å². The van der Waals surface area contributed by atoms with E-state index in [-0.39, 0.29) is 17.3 Å². The summed E-state index contributed by atoms with van der Waals surface area (Å²) in [5.41, 5.74) is 4.57. The number of aryl methyl sites for hydroxylation is 1. The van der Waals surface area contributed by atoms with Crippen LogP contribution in [0.15, 0.2) is 52.1 Å². The quantitative estimate of drug-likeness (QED) is 0.795. The van der Waals surface area contributed by atoms with Crippen LogP contribution < -0.4 is 0 Å². The molecule has 3 heterocycles. The number of aromatic nitrogens is 1. The Labute approximate surface area is 168 Å². The summed E-state index contributed by atoms with van der Waals surface area (Å²) < 4.78 is 2.21. The fourth-order valence-electron chi connectivity index (χ4n) is 3.31. The molecule has 2 aromatic rings. The number of nitrogens with zero attached hydrogens (tertiary/aromatic N) is 4. The minimum Gasteiger partial charge on any atom is -0.344 e. The average Bonchev–Trinajstić information content (AvgIpc) is 3.22.